The maximum atomic E-state index is 10.1. The third-order valence-corrected chi connectivity index (χ3v) is 11.1. The van der Waals surface area contributed by atoms with E-state index in [4.69, 9.17) is 0 Å². The zero-order valence-electron chi connectivity index (χ0n) is 29.5. The first-order chi connectivity index (χ1) is 27.2. The summed E-state index contributed by atoms with van der Waals surface area (Å²) >= 11 is 0. The van der Waals surface area contributed by atoms with Crippen molar-refractivity contribution < 1.29 is 0 Å². The number of fused-ring (bicyclic) bond motifs is 9. The van der Waals surface area contributed by atoms with Crippen LogP contribution in [-0.4, -0.2) is 13.7 Å². The van der Waals surface area contributed by atoms with Crippen LogP contribution in [0.15, 0.2) is 176 Å². The van der Waals surface area contributed by atoms with Gasteiger partial charge in [0.15, 0.2) is 0 Å². The van der Waals surface area contributed by atoms with Crippen LogP contribution in [0, 0.1) is 22.7 Å². The molecule has 3 aromatic heterocycles. The monoisotopic (exact) mass is 699 g/mol. The quantitative estimate of drug-likeness (QED) is 0.184. The summed E-state index contributed by atoms with van der Waals surface area (Å²) in [6, 6.07) is 66.0. The summed E-state index contributed by atoms with van der Waals surface area (Å²) < 4.78 is 6.95. The molecule has 0 saturated heterocycles. The van der Waals surface area contributed by atoms with Crippen LogP contribution in [0.1, 0.15) is 11.1 Å². The molecule has 0 spiro atoms. The van der Waals surface area contributed by atoms with Crippen LogP contribution in [0.25, 0.3) is 93.6 Å². The highest BCUT2D eigenvalue weighted by Crippen LogP contribution is 2.40. The van der Waals surface area contributed by atoms with Crippen LogP contribution < -0.4 is 0 Å². The highest BCUT2D eigenvalue weighted by molar-refractivity contribution is 6.13. The maximum absolute atomic E-state index is 10.1. The van der Waals surface area contributed by atoms with Crippen molar-refractivity contribution in [2.24, 2.45) is 0 Å². The van der Waals surface area contributed by atoms with Crippen molar-refractivity contribution in [3.8, 4) is 40.3 Å². The molecule has 0 fully saturated rings. The fourth-order valence-electron chi connectivity index (χ4n) is 8.70. The summed E-state index contributed by atoms with van der Waals surface area (Å²) in [5.74, 6) is 0. The topological polar surface area (TPSA) is 62.4 Å². The second-order valence-electron chi connectivity index (χ2n) is 14.0. The largest absolute Gasteiger partial charge is 0.309 e. The van der Waals surface area contributed by atoms with Crippen LogP contribution in [-0.2, 0) is 0 Å². The molecule has 0 saturated carbocycles. The van der Waals surface area contributed by atoms with Crippen molar-refractivity contribution in [1.82, 2.24) is 13.7 Å². The summed E-state index contributed by atoms with van der Waals surface area (Å²) in [5, 5.41) is 26.6. The van der Waals surface area contributed by atoms with E-state index in [9.17, 15) is 10.5 Å². The molecule has 11 rings (SSSR count). The Morgan fingerprint density at radius 2 is 0.745 bits per heavy atom. The SMILES string of the molecule is N#Cc1ccc(-n2c3ccccc3c3cc(-n4c5ccccc5c5cc(C#N)ccc54)ccc32)c(-c2ccc(-n3c4ccccc4c4ccccc43)cc2)c1. The van der Waals surface area contributed by atoms with Gasteiger partial charge in [0.05, 0.1) is 62.1 Å². The van der Waals surface area contributed by atoms with Gasteiger partial charge < -0.3 is 13.7 Å². The molecule has 8 aromatic carbocycles. The summed E-state index contributed by atoms with van der Waals surface area (Å²) in [7, 11) is 0. The van der Waals surface area contributed by atoms with Gasteiger partial charge in [0.1, 0.15) is 0 Å². The van der Waals surface area contributed by atoms with Gasteiger partial charge in [-0.3, -0.25) is 0 Å². The fourth-order valence-corrected chi connectivity index (χ4v) is 8.70. The molecule has 11 aromatic rings. The molecule has 0 aliphatic rings. The van der Waals surface area contributed by atoms with E-state index in [0.717, 1.165) is 71.8 Å². The Balaban J connectivity index is 1.10. The summed E-state index contributed by atoms with van der Waals surface area (Å²) in [6.45, 7) is 0. The smallest absolute Gasteiger partial charge is 0.0991 e. The lowest BCUT2D eigenvalue weighted by molar-refractivity contribution is 1.16. The van der Waals surface area contributed by atoms with E-state index in [-0.39, 0.29) is 0 Å². The van der Waals surface area contributed by atoms with Gasteiger partial charge in [0, 0.05) is 49.3 Å². The van der Waals surface area contributed by atoms with Crippen molar-refractivity contribution in [2.75, 3.05) is 0 Å². The van der Waals surface area contributed by atoms with Crippen molar-refractivity contribution in [2.45, 2.75) is 0 Å². The van der Waals surface area contributed by atoms with Crippen LogP contribution in [0.5, 0.6) is 0 Å². The molecular formula is C50H29N5. The average Bonchev–Trinajstić information content (AvgIpc) is 3.89. The number of rotatable bonds is 4. The van der Waals surface area contributed by atoms with E-state index in [2.05, 4.69) is 177 Å². The van der Waals surface area contributed by atoms with E-state index in [1.807, 2.05) is 24.3 Å². The predicted molar refractivity (Wildman–Crippen MR) is 224 cm³/mol. The minimum absolute atomic E-state index is 0.610. The highest BCUT2D eigenvalue weighted by Gasteiger charge is 2.19. The predicted octanol–water partition coefficient (Wildman–Crippen LogP) is 12.4. The Morgan fingerprint density at radius 1 is 0.327 bits per heavy atom. The zero-order chi connectivity index (χ0) is 36.6. The zero-order valence-corrected chi connectivity index (χ0v) is 29.5. The second kappa shape index (κ2) is 11.8. The first-order valence-electron chi connectivity index (χ1n) is 18.3. The normalized spacial score (nSPS) is 11.6. The van der Waals surface area contributed by atoms with Gasteiger partial charge in [-0.2, -0.15) is 10.5 Å². The molecule has 5 heteroatoms. The van der Waals surface area contributed by atoms with Gasteiger partial charge in [-0.15, -0.1) is 0 Å². The van der Waals surface area contributed by atoms with Gasteiger partial charge in [-0.05, 0) is 96.6 Å². The van der Waals surface area contributed by atoms with Crippen molar-refractivity contribution >= 4 is 65.4 Å². The minimum atomic E-state index is 0.610. The first-order valence-corrected chi connectivity index (χ1v) is 18.3. The fraction of sp³-hybridized carbons (Fsp3) is 0. The molecule has 5 nitrogen and oxygen atoms in total. The Labute approximate surface area is 316 Å². The Bertz CT molecular complexity index is 3400. The third-order valence-electron chi connectivity index (χ3n) is 11.1. The molecular weight excluding hydrogens is 671 g/mol. The molecule has 0 aliphatic heterocycles. The van der Waals surface area contributed by atoms with Gasteiger partial charge in [0.25, 0.3) is 0 Å². The number of nitrogens with zero attached hydrogens (tertiary/aromatic N) is 5. The standard InChI is InChI=1S/C50H29N5/c51-30-32-17-24-48(41(27-32)34-19-21-35(22-20-34)53-44-13-5-1-9-37(44)38-10-2-6-14-45(38)53)55-47-16-8-4-12-40(47)43-29-36(23-26-50(43)55)54-46-15-7-3-11-39(46)42-28-33(31-52)18-25-49(42)54/h1-29H. The second-order valence-corrected chi connectivity index (χ2v) is 14.0. The summed E-state index contributed by atoms with van der Waals surface area (Å²) in [6.07, 6.45) is 0. The van der Waals surface area contributed by atoms with E-state index in [1.165, 1.54) is 21.8 Å². The van der Waals surface area contributed by atoms with Gasteiger partial charge in [-0.25, -0.2) is 0 Å². The summed E-state index contributed by atoms with van der Waals surface area (Å²) in [5.41, 5.74) is 13.0. The number of nitriles is 2. The highest BCUT2D eigenvalue weighted by atomic mass is 15.0. The van der Waals surface area contributed by atoms with E-state index < -0.39 is 0 Å². The number of hydrogen-bond donors (Lipinski definition) is 0. The molecule has 0 aliphatic carbocycles. The van der Waals surface area contributed by atoms with E-state index in [0.29, 0.717) is 11.1 Å². The van der Waals surface area contributed by atoms with Gasteiger partial charge in [0.2, 0.25) is 0 Å². The Hall–Kier alpha value is -7.86. The maximum Gasteiger partial charge on any atom is 0.0991 e. The summed E-state index contributed by atoms with van der Waals surface area (Å²) in [4.78, 5) is 0. The molecule has 0 N–H and O–H groups in total. The number of benzene rings is 8. The Kier molecular flexibility index (Phi) is 6.61. The minimum Gasteiger partial charge on any atom is -0.309 e. The van der Waals surface area contributed by atoms with Crippen molar-refractivity contribution in [3.63, 3.8) is 0 Å². The molecule has 3 heterocycles. The molecule has 0 amide bonds. The third kappa shape index (κ3) is 4.51. The van der Waals surface area contributed by atoms with Crippen molar-refractivity contribution in [1.29, 1.82) is 10.5 Å². The van der Waals surface area contributed by atoms with Crippen LogP contribution in [0.2, 0.25) is 0 Å². The average molecular weight is 700 g/mol. The van der Waals surface area contributed by atoms with Gasteiger partial charge >= 0.3 is 0 Å². The lowest BCUT2D eigenvalue weighted by Gasteiger charge is -2.16. The Morgan fingerprint density at radius 3 is 1.35 bits per heavy atom. The molecule has 0 radical (unpaired) electrons. The lowest BCUT2D eigenvalue weighted by atomic mass is 10.00. The number of aromatic nitrogens is 3. The van der Waals surface area contributed by atoms with E-state index in [1.54, 1.807) is 0 Å². The molecule has 55 heavy (non-hydrogen) atoms. The molecule has 0 bridgehead atoms. The van der Waals surface area contributed by atoms with Gasteiger partial charge in [-0.1, -0.05) is 84.9 Å². The van der Waals surface area contributed by atoms with Crippen LogP contribution >= 0.6 is 0 Å². The number of para-hydroxylation sites is 4. The molecule has 0 atom stereocenters. The van der Waals surface area contributed by atoms with E-state index >= 15 is 0 Å². The molecule has 0 unspecified atom stereocenters. The number of hydrogen-bond acceptors (Lipinski definition) is 2. The van der Waals surface area contributed by atoms with Crippen LogP contribution in [0.3, 0.4) is 0 Å². The lowest BCUT2D eigenvalue weighted by Crippen LogP contribution is -1.99. The molecule has 254 valence electrons. The van der Waals surface area contributed by atoms with Crippen molar-refractivity contribution in [3.05, 3.63) is 187 Å². The van der Waals surface area contributed by atoms with Crippen LogP contribution in [0.4, 0.5) is 0 Å². The first kappa shape index (κ1) is 30.7.